The molecule has 2 aromatic carbocycles. The maximum Gasteiger partial charge on any atom is 0.273 e. The highest BCUT2D eigenvalue weighted by Crippen LogP contribution is 2.21. The van der Waals surface area contributed by atoms with E-state index in [-0.39, 0.29) is 5.91 Å². The summed E-state index contributed by atoms with van der Waals surface area (Å²) in [4.78, 5) is 25.5. The predicted molar refractivity (Wildman–Crippen MR) is 146 cm³/mol. The number of nitrogens with one attached hydrogen (secondary N) is 1. The van der Waals surface area contributed by atoms with Crippen LogP contribution in [0.5, 0.6) is 0 Å². The van der Waals surface area contributed by atoms with Crippen LogP contribution in [0.2, 0.25) is 0 Å². The SMILES string of the molecule is CCCN(CCC)C(=O)c1csc(CN(CCc2c[nH]c3ccccc23)Cc2ccc(C)cc2)n1. The molecule has 2 aromatic heterocycles. The third-order valence-corrected chi connectivity index (χ3v) is 7.14. The number of hydrogen-bond donors (Lipinski definition) is 1. The molecule has 0 atom stereocenters. The Balaban J connectivity index is 1.49. The van der Waals surface area contributed by atoms with Crippen LogP contribution < -0.4 is 0 Å². The van der Waals surface area contributed by atoms with Crippen molar-refractivity contribution in [3.63, 3.8) is 0 Å². The van der Waals surface area contributed by atoms with Crippen molar-refractivity contribution in [2.24, 2.45) is 0 Å². The summed E-state index contributed by atoms with van der Waals surface area (Å²) in [5.74, 6) is 0.0556. The van der Waals surface area contributed by atoms with Crippen LogP contribution >= 0.6 is 11.3 Å². The highest BCUT2D eigenvalue weighted by molar-refractivity contribution is 7.09. The average molecular weight is 489 g/mol. The Morgan fingerprint density at radius 2 is 1.71 bits per heavy atom. The maximum absolute atomic E-state index is 13.0. The molecule has 0 aliphatic heterocycles. The number of aryl methyl sites for hydroxylation is 1. The first-order chi connectivity index (χ1) is 17.1. The molecule has 0 spiro atoms. The second-order valence-corrected chi connectivity index (χ2v) is 10.2. The Labute approximate surface area is 212 Å². The molecule has 4 aromatic rings. The van der Waals surface area contributed by atoms with Gasteiger partial charge in [-0.05, 0) is 43.4 Å². The number of carbonyl (C=O) groups is 1. The quantitative estimate of drug-likeness (QED) is 0.250. The van der Waals surface area contributed by atoms with Gasteiger partial charge in [0.2, 0.25) is 0 Å². The summed E-state index contributed by atoms with van der Waals surface area (Å²) >= 11 is 1.59. The van der Waals surface area contributed by atoms with Gasteiger partial charge in [0.15, 0.2) is 0 Å². The van der Waals surface area contributed by atoms with E-state index in [4.69, 9.17) is 4.98 Å². The summed E-state index contributed by atoms with van der Waals surface area (Å²) in [6.07, 6.45) is 5.00. The first kappa shape index (κ1) is 25.1. The number of aromatic nitrogens is 2. The highest BCUT2D eigenvalue weighted by Gasteiger charge is 2.19. The van der Waals surface area contributed by atoms with E-state index in [1.54, 1.807) is 11.3 Å². The maximum atomic E-state index is 13.0. The fraction of sp³-hybridized carbons (Fsp3) is 0.379. The summed E-state index contributed by atoms with van der Waals surface area (Å²) < 4.78 is 0. The summed E-state index contributed by atoms with van der Waals surface area (Å²) in [7, 11) is 0. The first-order valence-electron chi connectivity index (χ1n) is 12.6. The summed E-state index contributed by atoms with van der Waals surface area (Å²) in [5, 5.41) is 4.21. The Morgan fingerprint density at radius 1 is 0.971 bits per heavy atom. The molecular formula is C29H36N4OS. The molecule has 0 bridgehead atoms. The third-order valence-electron chi connectivity index (χ3n) is 6.30. The van der Waals surface area contributed by atoms with E-state index in [2.05, 4.69) is 85.4 Å². The van der Waals surface area contributed by atoms with E-state index in [0.717, 1.165) is 57.0 Å². The van der Waals surface area contributed by atoms with Crippen molar-refractivity contribution in [1.82, 2.24) is 19.8 Å². The number of aromatic amines is 1. The minimum absolute atomic E-state index is 0.0556. The zero-order valence-electron chi connectivity index (χ0n) is 21.1. The van der Waals surface area contributed by atoms with Gasteiger partial charge in [0.05, 0.1) is 6.54 Å². The highest BCUT2D eigenvalue weighted by atomic mass is 32.1. The third kappa shape index (κ3) is 6.59. The van der Waals surface area contributed by atoms with Crippen molar-refractivity contribution in [2.45, 2.75) is 53.1 Å². The molecule has 0 unspecified atom stereocenters. The molecule has 0 radical (unpaired) electrons. The van der Waals surface area contributed by atoms with Gasteiger partial charge >= 0.3 is 0 Å². The molecule has 184 valence electrons. The molecular weight excluding hydrogens is 452 g/mol. The number of fused-ring (bicyclic) bond motifs is 1. The second-order valence-electron chi connectivity index (χ2n) is 9.22. The lowest BCUT2D eigenvalue weighted by Crippen LogP contribution is -2.32. The number of thiazole rings is 1. The topological polar surface area (TPSA) is 52.2 Å². The fourth-order valence-electron chi connectivity index (χ4n) is 4.47. The Morgan fingerprint density at radius 3 is 2.46 bits per heavy atom. The van der Waals surface area contributed by atoms with Crippen LogP contribution in [0.25, 0.3) is 10.9 Å². The van der Waals surface area contributed by atoms with Crippen LogP contribution in [0.1, 0.15) is 58.9 Å². The molecule has 0 fully saturated rings. The van der Waals surface area contributed by atoms with Crippen molar-refractivity contribution in [1.29, 1.82) is 0 Å². The van der Waals surface area contributed by atoms with Crippen LogP contribution in [0.4, 0.5) is 0 Å². The summed E-state index contributed by atoms with van der Waals surface area (Å²) in [6.45, 7) is 10.4. The van der Waals surface area contributed by atoms with Gasteiger partial charge in [-0.15, -0.1) is 11.3 Å². The van der Waals surface area contributed by atoms with Crippen molar-refractivity contribution in [3.8, 4) is 0 Å². The number of amides is 1. The standard InChI is InChI=1S/C29H36N4OS/c1-4-15-33(16-5-2)29(34)27-21-35-28(31-27)20-32(19-23-12-10-22(3)11-13-23)17-14-24-18-30-26-9-7-6-8-25(24)26/h6-13,18,21,30H,4-5,14-17,19-20H2,1-3H3. The van der Waals surface area contributed by atoms with Crippen LogP contribution in [-0.4, -0.2) is 45.3 Å². The Hall–Kier alpha value is -2.96. The Bertz CT molecular complexity index is 1220. The first-order valence-corrected chi connectivity index (χ1v) is 13.5. The molecule has 0 aliphatic carbocycles. The fourth-order valence-corrected chi connectivity index (χ4v) is 5.28. The number of benzene rings is 2. The number of rotatable bonds is 12. The van der Waals surface area contributed by atoms with Gasteiger partial charge in [-0.2, -0.15) is 0 Å². The summed E-state index contributed by atoms with van der Waals surface area (Å²) in [6, 6.07) is 17.2. The number of H-pyrrole nitrogens is 1. The minimum atomic E-state index is 0.0556. The molecule has 1 amide bonds. The monoisotopic (exact) mass is 488 g/mol. The lowest BCUT2D eigenvalue weighted by Gasteiger charge is -2.22. The van der Waals surface area contributed by atoms with Crippen molar-refractivity contribution < 1.29 is 4.79 Å². The van der Waals surface area contributed by atoms with Crippen LogP contribution in [0, 0.1) is 6.92 Å². The van der Waals surface area contributed by atoms with Crippen LogP contribution in [0.3, 0.4) is 0 Å². The molecule has 4 rings (SSSR count). The normalized spacial score (nSPS) is 11.4. The van der Waals surface area contributed by atoms with Gasteiger partial charge in [0.1, 0.15) is 10.7 Å². The smallest absolute Gasteiger partial charge is 0.273 e. The summed E-state index contributed by atoms with van der Waals surface area (Å²) in [5.41, 5.74) is 5.66. The second kappa shape index (κ2) is 12.1. The average Bonchev–Trinajstić information content (AvgIpc) is 3.50. The molecule has 2 heterocycles. The predicted octanol–water partition coefficient (Wildman–Crippen LogP) is 6.44. The molecule has 5 nitrogen and oxygen atoms in total. The van der Waals surface area contributed by atoms with Crippen molar-refractivity contribution in [3.05, 3.63) is 87.5 Å². The lowest BCUT2D eigenvalue weighted by atomic mass is 10.1. The van der Waals surface area contributed by atoms with E-state index in [0.29, 0.717) is 5.69 Å². The van der Waals surface area contributed by atoms with Crippen LogP contribution in [-0.2, 0) is 19.5 Å². The lowest BCUT2D eigenvalue weighted by molar-refractivity contribution is 0.0750. The van der Waals surface area contributed by atoms with Gasteiger partial charge < -0.3 is 9.88 Å². The number of para-hydroxylation sites is 1. The molecule has 6 heteroatoms. The van der Waals surface area contributed by atoms with Crippen LogP contribution in [0.15, 0.2) is 60.1 Å². The molecule has 0 aliphatic rings. The Kier molecular flexibility index (Phi) is 8.72. The van der Waals surface area contributed by atoms with E-state index in [9.17, 15) is 4.79 Å². The van der Waals surface area contributed by atoms with Gasteiger partial charge in [0, 0.05) is 48.7 Å². The van der Waals surface area contributed by atoms with E-state index in [1.165, 1.54) is 27.6 Å². The number of nitrogens with zero attached hydrogens (tertiary/aromatic N) is 3. The van der Waals surface area contributed by atoms with Gasteiger partial charge in [-0.25, -0.2) is 4.98 Å². The molecule has 1 N–H and O–H groups in total. The van der Waals surface area contributed by atoms with Crippen molar-refractivity contribution in [2.75, 3.05) is 19.6 Å². The van der Waals surface area contributed by atoms with E-state index in [1.807, 2.05) is 10.3 Å². The molecule has 35 heavy (non-hydrogen) atoms. The van der Waals surface area contributed by atoms with E-state index >= 15 is 0 Å². The number of hydrogen-bond acceptors (Lipinski definition) is 4. The number of carbonyl (C=O) groups excluding carboxylic acids is 1. The van der Waals surface area contributed by atoms with E-state index < -0.39 is 0 Å². The largest absolute Gasteiger partial charge is 0.361 e. The minimum Gasteiger partial charge on any atom is -0.361 e. The van der Waals surface area contributed by atoms with Crippen molar-refractivity contribution >= 4 is 28.1 Å². The zero-order valence-corrected chi connectivity index (χ0v) is 21.9. The van der Waals surface area contributed by atoms with Gasteiger partial charge in [-0.1, -0.05) is 61.9 Å². The zero-order chi connectivity index (χ0) is 24.6. The van der Waals surface area contributed by atoms with Gasteiger partial charge in [0.25, 0.3) is 5.91 Å². The molecule has 0 saturated heterocycles. The van der Waals surface area contributed by atoms with Gasteiger partial charge in [-0.3, -0.25) is 9.69 Å². The molecule has 0 saturated carbocycles.